The highest BCUT2D eigenvalue weighted by Gasteiger charge is 2.12. The Morgan fingerprint density at radius 3 is 2.73 bits per heavy atom. The molecule has 150 valence electrons. The van der Waals surface area contributed by atoms with Crippen molar-refractivity contribution in [1.29, 1.82) is 0 Å². The molecule has 0 radical (unpaired) electrons. The molecule has 3 aromatic carbocycles. The third-order valence-corrected chi connectivity index (χ3v) is 5.04. The highest BCUT2D eigenvalue weighted by Crippen LogP contribution is 2.23. The smallest absolute Gasteiger partial charge is 0.307 e. The quantitative estimate of drug-likeness (QED) is 0.263. The molecule has 7 heteroatoms. The van der Waals surface area contributed by atoms with Gasteiger partial charge in [-0.1, -0.05) is 51.8 Å². The molecule has 30 heavy (non-hydrogen) atoms. The monoisotopic (exact) mass is 482 g/mol. The average molecular weight is 484 g/mol. The van der Waals surface area contributed by atoms with Crippen molar-refractivity contribution in [2.75, 3.05) is 0 Å². The van der Waals surface area contributed by atoms with Crippen LogP contribution in [0.4, 0.5) is 0 Å². The van der Waals surface area contributed by atoms with Crippen LogP contribution in [0.3, 0.4) is 0 Å². The Labute approximate surface area is 186 Å². The molecule has 1 aromatic heterocycles. The number of carbonyl (C=O) groups is 1. The van der Waals surface area contributed by atoms with E-state index in [0.717, 1.165) is 21.0 Å². The third kappa shape index (κ3) is 4.90. The van der Waals surface area contributed by atoms with E-state index in [2.05, 4.69) is 26.5 Å². The van der Waals surface area contributed by atoms with Gasteiger partial charge >= 0.3 is 5.91 Å². The van der Waals surface area contributed by atoms with Crippen molar-refractivity contribution >= 4 is 50.6 Å². The van der Waals surface area contributed by atoms with Gasteiger partial charge in [-0.05, 0) is 54.1 Å². The molecule has 4 rings (SSSR count). The lowest BCUT2D eigenvalue weighted by atomic mass is 10.2. The Morgan fingerprint density at radius 1 is 1.10 bits per heavy atom. The van der Waals surface area contributed by atoms with E-state index in [-0.39, 0.29) is 5.76 Å². The first-order valence-corrected chi connectivity index (χ1v) is 10.2. The van der Waals surface area contributed by atoms with Crippen LogP contribution in [-0.4, -0.2) is 12.1 Å². The van der Waals surface area contributed by atoms with E-state index >= 15 is 0 Å². The number of hydrogen-bond donors (Lipinski definition) is 1. The van der Waals surface area contributed by atoms with Crippen molar-refractivity contribution in [3.05, 3.63) is 99.2 Å². The number of para-hydroxylation sites is 1. The Kier molecular flexibility index (Phi) is 6.16. The van der Waals surface area contributed by atoms with Crippen molar-refractivity contribution in [3.8, 4) is 5.75 Å². The minimum Gasteiger partial charge on any atom is -0.488 e. The van der Waals surface area contributed by atoms with Gasteiger partial charge < -0.3 is 9.15 Å². The van der Waals surface area contributed by atoms with Crippen LogP contribution in [0.1, 0.15) is 21.7 Å². The number of fused-ring (bicyclic) bond motifs is 1. The first-order chi connectivity index (χ1) is 14.6. The highest BCUT2D eigenvalue weighted by molar-refractivity contribution is 9.10. The lowest BCUT2D eigenvalue weighted by molar-refractivity contribution is 0.0929. The third-order valence-electron chi connectivity index (χ3n) is 4.30. The summed E-state index contributed by atoms with van der Waals surface area (Å²) in [4.78, 5) is 12.3. The zero-order valence-electron chi connectivity index (χ0n) is 15.6. The van der Waals surface area contributed by atoms with E-state index in [4.69, 9.17) is 20.8 Å². The molecule has 1 amide bonds. The van der Waals surface area contributed by atoms with Gasteiger partial charge in [0.2, 0.25) is 0 Å². The number of halogens is 2. The largest absolute Gasteiger partial charge is 0.488 e. The summed E-state index contributed by atoms with van der Waals surface area (Å²) in [5.74, 6) is 0.407. The van der Waals surface area contributed by atoms with Gasteiger partial charge in [0.15, 0.2) is 5.76 Å². The molecule has 0 aliphatic carbocycles. The van der Waals surface area contributed by atoms with Gasteiger partial charge in [0, 0.05) is 20.4 Å². The summed E-state index contributed by atoms with van der Waals surface area (Å²) in [6.45, 7) is 0.392. The number of hydrogen-bond acceptors (Lipinski definition) is 4. The topological polar surface area (TPSA) is 63.8 Å². The normalized spacial score (nSPS) is 11.1. The van der Waals surface area contributed by atoms with Gasteiger partial charge in [-0.3, -0.25) is 4.79 Å². The van der Waals surface area contributed by atoms with E-state index in [1.165, 1.54) is 6.21 Å². The van der Waals surface area contributed by atoms with Crippen LogP contribution in [0, 0.1) is 0 Å². The predicted molar refractivity (Wildman–Crippen MR) is 121 cm³/mol. The van der Waals surface area contributed by atoms with Crippen LogP contribution in [0.2, 0.25) is 5.02 Å². The van der Waals surface area contributed by atoms with Gasteiger partial charge in [0.05, 0.1) is 6.21 Å². The van der Waals surface area contributed by atoms with Crippen LogP contribution >= 0.6 is 27.5 Å². The standard InChI is InChI=1S/C23H16BrClN2O3/c24-18-7-10-21-17(11-18)12-22(30-21)23(28)27-26-13-16-3-1-2-4-20(16)29-14-15-5-8-19(25)9-6-15/h1-13H,14H2,(H,27,28)/b26-13+. The second kappa shape index (κ2) is 9.15. The van der Waals surface area contributed by atoms with Gasteiger partial charge in [0.25, 0.3) is 0 Å². The molecule has 0 saturated carbocycles. The van der Waals surface area contributed by atoms with Crippen molar-refractivity contribution in [2.24, 2.45) is 5.10 Å². The van der Waals surface area contributed by atoms with Crippen molar-refractivity contribution < 1.29 is 13.9 Å². The number of benzene rings is 3. The lowest BCUT2D eigenvalue weighted by Gasteiger charge is -2.09. The summed E-state index contributed by atoms with van der Waals surface area (Å²) in [6, 6.07) is 22.1. The fourth-order valence-corrected chi connectivity index (χ4v) is 3.31. The highest BCUT2D eigenvalue weighted by atomic mass is 79.9. The van der Waals surface area contributed by atoms with Crippen molar-refractivity contribution in [2.45, 2.75) is 6.61 Å². The van der Waals surface area contributed by atoms with Crippen molar-refractivity contribution in [3.63, 3.8) is 0 Å². The molecule has 4 aromatic rings. The fraction of sp³-hybridized carbons (Fsp3) is 0.0435. The SMILES string of the molecule is O=C(N/N=C/c1ccccc1OCc1ccc(Cl)cc1)c1cc2cc(Br)ccc2o1. The maximum absolute atomic E-state index is 12.3. The average Bonchev–Trinajstić information content (AvgIpc) is 3.17. The lowest BCUT2D eigenvalue weighted by Crippen LogP contribution is -2.16. The van der Waals surface area contributed by atoms with E-state index in [1.807, 2.05) is 60.7 Å². The molecule has 0 atom stereocenters. The number of furan rings is 1. The second-order valence-corrected chi connectivity index (χ2v) is 7.80. The maximum Gasteiger partial charge on any atom is 0.307 e. The van der Waals surface area contributed by atoms with Crippen LogP contribution in [0.5, 0.6) is 5.75 Å². The van der Waals surface area contributed by atoms with E-state index in [9.17, 15) is 4.79 Å². The number of nitrogens with one attached hydrogen (secondary N) is 1. The summed E-state index contributed by atoms with van der Waals surface area (Å²) >= 11 is 9.31. The molecular formula is C23H16BrClN2O3. The second-order valence-electron chi connectivity index (χ2n) is 6.44. The Bertz CT molecular complexity index is 1220. The summed E-state index contributed by atoms with van der Waals surface area (Å²) in [5.41, 5.74) is 4.85. The number of nitrogens with zero attached hydrogens (tertiary/aromatic N) is 1. The number of hydrazone groups is 1. The molecule has 1 N–H and O–H groups in total. The van der Waals surface area contributed by atoms with Crippen LogP contribution in [0.15, 0.2) is 86.8 Å². The molecule has 0 unspecified atom stereocenters. The van der Waals surface area contributed by atoms with Crippen molar-refractivity contribution in [1.82, 2.24) is 5.43 Å². The van der Waals surface area contributed by atoms with E-state index in [0.29, 0.717) is 23.0 Å². The molecule has 1 heterocycles. The molecule has 0 spiro atoms. The number of amides is 1. The Morgan fingerprint density at radius 2 is 1.90 bits per heavy atom. The van der Waals surface area contributed by atoms with E-state index in [1.54, 1.807) is 12.1 Å². The van der Waals surface area contributed by atoms with Gasteiger partial charge in [0.1, 0.15) is 17.9 Å². The van der Waals surface area contributed by atoms with E-state index < -0.39 is 5.91 Å². The maximum atomic E-state index is 12.3. The molecule has 0 bridgehead atoms. The summed E-state index contributed by atoms with van der Waals surface area (Å²) in [6.07, 6.45) is 1.54. The zero-order chi connectivity index (χ0) is 20.9. The molecule has 0 aliphatic heterocycles. The molecule has 5 nitrogen and oxygen atoms in total. The molecule has 0 aliphatic rings. The van der Waals surface area contributed by atoms with Crippen LogP contribution in [0.25, 0.3) is 11.0 Å². The molecule has 0 fully saturated rings. The summed E-state index contributed by atoms with van der Waals surface area (Å²) in [5, 5.41) is 5.55. The Balaban J connectivity index is 1.42. The van der Waals surface area contributed by atoms with Crippen LogP contribution in [-0.2, 0) is 6.61 Å². The molecule has 0 saturated heterocycles. The number of carbonyl (C=O) groups excluding carboxylic acids is 1. The van der Waals surface area contributed by atoms with Gasteiger partial charge in [-0.15, -0.1) is 0 Å². The van der Waals surface area contributed by atoms with Gasteiger partial charge in [-0.2, -0.15) is 5.10 Å². The van der Waals surface area contributed by atoms with Gasteiger partial charge in [-0.25, -0.2) is 5.43 Å². The Hall–Kier alpha value is -3.09. The first kappa shape index (κ1) is 20.2. The number of ether oxygens (including phenoxy) is 1. The zero-order valence-corrected chi connectivity index (χ0v) is 18.0. The predicted octanol–water partition coefficient (Wildman–Crippen LogP) is 6.19. The fourth-order valence-electron chi connectivity index (χ4n) is 2.80. The molecular weight excluding hydrogens is 468 g/mol. The minimum absolute atomic E-state index is 0.188. The first-order valence-electron chi connectivity index (χ1n) is 9.07. The number of rotatable bonds is 6. The van der Waals surface area contributed by atoms with Crippen LogP contribution < -0.4 is 10.2 Å². The summed E-state index contributed by atoms with van der Waals surface area (Å²) in [7, 11) is 0. The minimum atomic E-state index is -0.432. The summed E-state index contributed by atoms with van der Waals surface area (Å²) < 4.78 is 12.4.